The number of rotatable bonds is 4. The lowest BCUT2D eigenvalue weighted by atomic mass is 10.1. The van der Waals surface area contributed by atoms with Gasteiger partial charge in [-0.05, 0) is 26.8 Å². The van der Waals surface area contributed by atoms with Gasteiger partial charge in [-0.3, -0.25) is 4.79 Å². The summed E-state index contributed by atoms with van der Waals surface area (Å²) in [5, 5.41) is 14.0. The van der Waals surface area contributed by atoms with Gasteiger partial charge in [0.15, 0.2) is 17.9 Å². The molecule has 0 saturated carbocycles. The second kappa shape index (κ2) is 7.27. The van der Waals surface area contributed by atoms with Gasteiger partial charge in [0.1, 0.15) is 12.6 Å². The number of fused-ring (bicyclic) bond motifs is 1. The van der Waals surface area contributed by atoms with E-state index >= 15 is 4.39 Å². The molecule has 10 heteroatoms. The highest BCUT2D eigenvalue weighted by atomic mass is 19.1. The molecule has 0 bridgehead atoms. The van der Waals surface area contributed by atoms with Crippen LogP contribution in [-0.4, -0.2) is 66.7 Å². The SMILES string of the molecule is CC1CN(c2c(C=O)cc3c(N4C(=O)OCC4C(C)O)noc3c2F)CC(C)O1. The van der Waals surface area contributed by atoms with Crippen LogP contribution in [0.25, 0.3) is 11.0 Å². The maximum absolute atomic E-state index is 15.4. The molecule has 2 aliphatic heterocycles. The number of aliphatic hydroxyl groups excluding tert-OH is 1. The van der Waals surface area contributed by atoms with E-state index < -0.39 is 24.1 Å². The van der Waals surface area contributed by atoms with Crippen LogP contribution >= 0.6 is 0 Å². The number of anilines is 2. The second-order valence-corrected chi connectivity index (χ2v) is 7.55. The molecule has 1 aromatic carbocycles. The standard InChI is InChI=1S/C19H22FN3O6/c1-9-5-22(6-10(2)28-9)16-12(7-24)4-13-17(15(16)20)29-21-18(13)23-14(11(3)25)8-27-19(23)26/h4,7,9-11,14,25H,5-6,8H2,1-3H3. The molecule has 0 aliphatic carbocycles. The molecular formula is C19H22FN3O6. The number of benzene rings is 1. The van der Waals surface area contributed by atoms with Crippen molar-refractivity contribution in [3.63, 3.8) is 0 Å². The average molecular weight is 407 g/mol. The van der Waals surface area contributed by atoms with Crippen molar-refractivity contribution in [3.8, 4) is 0 Å². The van der Waals surface area contributed by atoms with E-state index in [1.165, 1.54) is 13.0 Å². The Morgan fingerprint density at radius 3 is 2.66 bits per heavy atom. The third kappa shape index (κ3) is 3.22. The highest BCUT2D eigenvalue weighted by Gasteiger charge is 2.41. The van der Waals surface area contributed by atoms with E-state index in [0.29, 0.717) is 19.4 Å². The smallest absolute Gasteiger partial charge is 0.416 e. The average Bonchev–Trinajstić information content (AvgIpc) is 3.23. The monoisotopic (exact) mass is 407 g/mol. The summed E-state index contributed by atoms with van der Waals surface area (Å²) in [4.78, 5) is 26.9. The summed E-state index contributed by atoms with van der Waals surface area (Å²) in [5.74, 6) is -0.725. The van der Waals surface area contributed by atoms with E-state index in [-0.39, 0.29) is 46.9 Å². The quantitative estimate of drug-likeness (QED) is 0.769. The molecule has 4 unspecified atom stereocenters. The number of aliphatic hydroxyl groups is 1. The fourth-order valence-corrected chi connectivity index (χ4v) is 4.02. The molecule has 2 saturated heterocycles. The molecular weight excluding hydrogens is 385 g/mol. The van der Waals surface area contributed by atoms with Crippen LogP contribution < -0.4 is 9.80 Å². The minimum absolute atomic E-state index is 0.00524. The molecule has 29 heavy (non-hydrogen) atoms. The van der Waals surface area contributed by atoms with Crippen molar-refractivity contribution in [2.75, 3.05) is 29.5 Å². The maximum atomic E-state index is 15.4. The summed E-state index contributed by atoms with van der Waals surface area (Å²) < 4.78 is 31.4. The van der Waals surface area contributed by atoms with Gasteiger partial charge >= 0.3 is 6.09 Å². The van der Waals surface area contributed by atoms with Crippen molar-refractivity contribution in [1.29, 1.82) is 0 Å². The molecule has 0 radical (unpaired) electrons. The first-order valence-corrected chi connectivity index (χ1v) is 9.43. The van der Waals surface area contributed by atoms with E-state index in [4.69, 9.17) is 14.0 Å². The first kappa shape index (κ1) is 19.6. The number of nitrogens with zero attached hydrogens (tertiary/aromatic N) is 3. The van der Waals surface area contributed by atoms with Gasteiger partial charge in [-0.25, -0.2) is 14.1 Å². The Balaban J connectivity index is 1.83. The maximum Gasteiger partial charge on any atom is 0.416 e. The van der Waals surface area contributed by atoms with Crippen molar-refractivity contribution in [2.24, 2.45) is 0 Å². The molecule has 2 fully saturated rings. The fraction of sp³-hybridized carbons (Fsp3) is 0.526. The van der Waals surface area contributed by atoms with Crippen LogP contribution in [0.15, 0.2) is 10.6 Å². The highest BCUT2D eigenvalue weighted by molar-refractivity contribution is 6.03. The number of hydrogen-bond donors (Lipinski definition) is 1. The summed E-state index contributed by atoms with van der Waals surface area (Å²) in [6, 6.07) is 0.751. The summed E-state index contributed by atoms with van der Waals surface area (Å²) in [5.41, 5.74) is 0.0617. The third-order valence-electron chi connectivity index (χ3n) is 5.24. The molecule has 2 aliphatic rings. The number of aromatic nitrogens is 1. The molecule has 1 N–H and O–H groups in total. The molecule has 1 amide bonds. The number of morpholine rings is 1. The van der Waals surface area contributed by atoms with Crippen LogP contribution in [0.4, 0.5) is 20.7 Å². The third-order valence-corrected chi connectivity index (χ3v) is 5.24. The zero-order valence-corrected chi connectivity index (χ0v) is 16.3. The Kier molecular flexibility index (Phi) is 4.91. The van der Waals surface area contributed by atoms with Gasteiger partial charge in [-0.2, -0.15) is 0 Å². The van der Waals surface area contributed by atoms with Crippen LogP contribution in [-0.2, 0) is 9.47 Å². The van der Waals surface area contributed by atoms with E-state index in [2.05, 4.69) is 5.16 Å². The predicted molar refractivity (Wildman–Crippen MR) is 101 cm³/mol. The number of carbonyl (C=O) groups excluding carboxylic acids is 2. The number of cyclic esters (lactones) is 1. The molecule has 4 atom stereocenters. The van der Waals surface area contributed by atoms with Gasteiger partial charge in [0.05, 0.1) is 29.4 Å². The van der Waals surface area contributed by atoms with E-state index in [0.717, 1.165) is 4.90 Å². The van der Waals surface area contributed by atoms with Crippen molar-refractivity contribution in [3.05, 3.63) is 17.4 Å². The van der Waals surface area contributed by atoms with Gasteiger partial charge in [-0.15, -0.1) is 0 Å². The summed E-state index contributed by atoms with van der Waals surface area (Å²) in [6.45, 7) is 6.06. The number of ether oxygens (including phenoxy) is 2. The van der Waals surface area contributed by atoms with E-state index in [1.54, 1.807) is 4.90 Å². The Morgan fingerprint density at radius 2 is 2.03 bits per heavy atom. The Morgan fingerprint density at radius 1 is 1.34 bits per heavy atom. The van der Waals surface area contributed by atoms with Crippen LogP contribution in [0.2, 0.25) is 0 Å². The van der Waals surface area contributed by atoms with E-state index in [1.807, 2.05) is 13.8 Å². The largest absolute Gasteiger partial charge is 0.447 e. The fourth-order valence-electron chi connectivity index (χ4n) is 4.02. The number of aldehydes is 1. The summed E-state index contributed by atoms with van der Waals surface area (Å²) in [7, 11) is 0. The van der Waals surface area contributed by atoms with Gasteiger partial charge in [0, 0.05) is 18.7 Å². The van der Waals surface area contributed by atoms with Crippen LogP contribution in [0, 0.1) is 5.82 Å². The second-order valence-electron chi connectivity index (χ2n) is 7.55. The van der Waals surface area contributed by atoms with Gasteiger partial charge in [0.2, 0.25) is 5.58 Å². The molecule has 9 nitrogen and oxygen atoms in total. The Labute approximate surface area is 165 Å². The first-order valence-electron chi connectivity index (χ1n) is 9.43. The predicted octanol–water partition coefficient (Wildman–Crippen LogP) is 2.10. The number of halogens is 1. The van der Waals surface area contributed by atoms with E-state index in [9.17, 15) is 14.7 Å². The molecule has 3 heterocycles. The topological polar surface area (TPSA) is 105 Å². The zero-order chi connectivity index (χ0) is 20.9. The highest BCUT2D eigenvalue weighted by Crippen LogP contribution is 2.38. The number of hydrogen-bond acceptors (Lipinski definition) is 8. The number of amides is 1. The van der Waals surface area contributed by atoms with Crippen molar-refractivity contribution in [2.45, 2.75) is 45.1 Å². The lowest BCUT2D eigenvalue weighted by Gasteiger charge is -2.37. The normalized spacial score (nSPS) is 26.1. The molecule has 1 aromatic heterocycles. The summed E-state index contributed by atoms with van der Waals surface area (Å²) >= 11 is 0. The zero-order valence-electron chi connectivity index (χ0n) is 16.3. The minimum Gasteiger partial charge on any atom is -0.447 e. The van der Waals surface area contributed by atoms with Crippen molar-refractivity contribution in [1.82, 2.24) is 5.16 Å². The first-order chi connectivity index (χ1) is 13.8. The Hall–Kier alpha value is -2.72. The van der Waals surface area contributed by atoms with Crippen LogP contribution in [0.1, 0.15) is 31.1 Å². The van der Waals surface area contributed by atoms with Gasteiger partial charge in [0.25, 0.3) is 0 Å². The van der Waals surface area contributed by atoms with Gasteiger partial charge < -0.3 is 24.0 Å². The van der Waals surface area contributed by atoms with Gasteiger partial charge in [-0.1, -0.05) is 5.16 Å². The van der Waals surface area contributed by atoms with Crippen LogP contribution in [0.5, 0.6) is 0 Å². The lowest BCUT2D eigenvalue weighted by Crippen LogP contribution is -2.46. The lowest BCUT2D eigenvalue weighted by molar-refractivity contribution is -0.00543. The molecule has 4 rings (SSSR count). The van der Waals surface area contributed by atoms with Crippen molar-refractivity contribution >= 4 is 34.9 Å². The minimum atomic E-state index is -0.904. The van der Waals surface area contributed by atoms with Crippen molar-refractivity contribution < 1.29 is 33.1 Å². The molecule has 156 valence electrons. The molecule has 0 spiro atoms. The molecule has 2 aromatic rings. The summed E-state index contributed by atoms with van der Waals surface area (Å²) in [6.07, 6.45) is -1.33. The van der Waals surface area contributed by atoms with Crippen LogP contribution in [0.3, 0.4) is 0 Å². The number of carbonyl (C=O) groups is 2. The Bertz CT molecular complexity index is 951.